The minimum atomic E-state index is 0.101. The molecule has 2 heterocycles. The van der Waals surface area contributed by atoms with E-state index in [9.17, 15) is 0 Å². The smallest absolute Gasteiger partial charge is 0.226 e. The lowest BCUT2D eigenvalue weighted by Crippen LogP contribution is -2.05. The molecule has 0 aromatic carbocycles. The molecule has 0 spiro atoms. The lowest BCUT2D eigenvalue weighted by atomic mass is 10.4. The molecule has 7 heteroatoms. The Kier molecular flexibility index (Phi) is 3.36. The standard InChI is InChI=1S/C9H9Cl2N5/c1-2-16-4-3-12-7(16)5-6-13-8(10)15-9(11)14-6/h3-4H,2,5H2,1H3. The molecule has 0 bridgehead atoms. The van der Waals surface area contributed by atoms with E-state index in [0.29, 0.717) is 12.2 Å². The average molecular weight is 258 g/mol. The molecule has 84 valence electrons. The van der Waals surface area contributed by atoms with Gasteiger partial charge in [-0.15, -0.1) is 0 Å². The summed E-state index contributed by atoms with van der Waals surface area (Å²) in [5.41, 5.74) is 0. The minimum absolute atomic E-state index is 0.101. The number of aromatic nitrogens is 5. The van der Waals surface area contributed by atoms with Crippen LogP contribution in [0.1, 0.15) is 18.6 Å². The van der Waals surface area contributed by atoms with Gasteiger partial charge in [0.1, 0.15) is 11.6 Å². The number of rotatable bonds is 3. The summed E-state index contributed by atoms with van der Waals surface area (Å²) in [6.45, 7) is 2.89. The molecule has 0 aliphatic carbocycles. The second kappa shape index (κ2) is 4.76. The molecule has 0 atom stereocenters. The van der Waals surface area contributed by atoms with E-state index in [1.807, 2.05) is 17.7 Å². The van der Waals surface area contributed by atoms with E-state index in [4.69, 9.17) is 23.2 Å². The highest BCUT2D eigenvalue weighted by molar-refractivity contribution is 6.30. The van der Waals surface area contributed by atoms with Gasteiger partial charge in [-0.2, -0.15) is 4.98 Å². The fourth-order valence-electron chi connectivity index (χ4n) is 1.38. The zero-order valence-electron chi connectivity index (χ0n) is 8.56. The summed E-state index contributed by atoms with van der Waals surface area (Å²) < 4.78 is 2.01. The molecule has 0 N–H and O–H groups in total. The van der Waals surface area contributed by atoms with E-state index < -0.39 is 0 Å². The normalized spacial score (nSPS) is 10.7. The van der Waals surface area contributed by atoms with E-state index in [0.717, 1.165) is 12.4 Å². The van der Waals surface area contributed by atoms with Gasteiger partial charge < -0.3 is 4.57 Å². The zero-order valence-corrected chi connectivity index (χ0v) is 10.1. The van der Waals surface area contributed by atoms with Crippen molar-refractivity contribution in [1.29, 1.82) is 0 Å². The lowest BCUT2D eigenvalue weighted by Gasteiger charge is -2.03. The van der Waals surface area contributed by atoms with Crippen molar-refractivity contribution < 1.29 is 0 Å². The number of hydrogen-bond donors (Lipinski definition) is 0. The first kappa shape index (κ1) is 11.3. The Morgan fingerprint density at radius 1 is 1.19 bits per heavy atom. The van der Waals surface area contributed by atoms with Gasteiger partial charge in [0.05, 0.1) is 6.42 Å². The van der Waals surface area contributed by atoms with Crippen molar-refractivity contribution in [3.63, 3.8) is 0 Å². The molecular weight excluding hydrogens is 249 g/mol. The zero-order chi connectivity index (χ0) is 11.5. The third kappa shape index (κ3) is 2.48. The second-order valence-electron chi connectivity index (χ2n) is 3.10. The quantitative estimate of drug-likeness (QED) is 0.844. The van der Waals surface area contributed by atoms with Crippen molar-refractivity contribution in [3.05, 3.63) is 34.6 Å². The number of hydrogen-bond acceptors (Lipinski definition) is 4. The van der Waals surface area contributed by atoms with Crippen LogP contribution in [0.2, 0.25) is 10.6 Å². The van der Waals surface area contributed by atoms with Gasteiger partial charge in [0.25, 0.3) is 0 Å². The molecule has 0 saturated carbocycles. The Hall–Kier alpha value is -1.20. The highest BCUT2D eigenvalue weighted by atomic mass is 35.5. The minimum Gasteiger partial charge on any atom is -0.335 e. The molecule has 0 unspecified atom stereocenters. The molecule has 5 nitrogen and oxygen atoms in total. The molecule has 2 aromatic rings. The first-order valence-electron chi connectivity index (χ1n) is 4.75. The topological polar surface area (TPSA) is 56.5 Å². The summed E-state index contributed by atoms with van der Waals surface area (Å²) in [7, 11) is 0. The molecule has 0 fully saturated rings. The van der Waals surface area contributed by atoms with Gasteiger partial charge in [-0.25, -0.2) is 15.0 Å². The molecular formula is C9H9Cl2N5. The van der Waals surface area contributed by atoms with Gasteiger partial charge >= 0.3 is 0 Å². The average Bonchev–Trinajstić information content (AvgIpc) is 2.63. The predicted molar refractivity (Wildman–Crippen MR) is 60.6 cm³/mol. The van der Waals surface area contributed by atoms with E-state index >= 15 is 0 Å². The fourth-order valence-corrected chi connectivity index (χ4v) is 1.78. The molecule has 0 radical (unpaired) electrons. The van der Waals surface area contributed by atoms with Crippen molar-refractivity contribution in [2.75, 3.05) is 0 Å². The summed E-state index contributed by atoms with van der Waals surface area (Å²) in [5, 5.41) is 0.203. The second-order valence-corrected chi connectivity index (χ2v) is 3.77. The van der Waals surface area contributed by atoms with E-state index in [1.54, 1.807) is 6.20 Å². The van der Waals surface area contributed by atoms with Crippen LogP contribution in [0.3, 0.4) is 0 Å². The maximum atomic E-state index is 5.69. The van der Waals surface area contributed by atoms with Crippen LogP contribution in [0.4, 0.5) is 0 Å². The summed E-state index contributed by atoms with van der Waals surface area (Å²) in [4.78, 5) is 15.9. The molecule has 0 aliphatic rings. The summed E-state index contributed by atoms with van der Waals surface area (Å²) >= 11 is 11.4. The Bertz CT molecular complexity index is 476. The van der Waals surface area contributed by atoms with Crippen molar-refractivity contribution in [2.45, 2.75) is 19.9 Å². The maximum absolute atomic E-state index is 5.69. The van der Waals surface area contributed by atoms with Gasteiger partial charge in [0, 0.05) is 18.9 Å². The van der Waals surface area contributed by atoms with Crippen molar-refractivity contribution in [1.82, 2.24) is 24.5 Å². The highest BCUT2D eigenvalue weighted by Crippen LogP contribution is 2.09. The summed E-state index contributed by atoms with van der Waals surface area (Å²) in [5.74, 6) is 1.40. The molecule has 2 rings (SSSR count). The molecule has 0 saturated heterocycles. The Morgan fingerprint density at radius 3 is 2.50 bits per heavy atom. The van der Waals surface area contributed by atoms with E-state index in [-0.39, 0.29) is 10.6 Å². The first-order valence-corrected chi connectivity index (χ1v) is 5.50. The Balaban J connectivity index is 2.26. The molecule has 2 aromatic heterocycles. The van der Waals surface area contributed by atoms with Crippen LogP contribution in [0.25, 0.3) is 0 Å². The number of halogens is 2. The number of nitrogens with zero attached hydrogens (tertiary/aromatic N) is 5. The molecule has 0 aliphatic heterocycles. The van der Waals surface area contributed by atoms with Gasteiger partial charge in [-0.3, -0.25) is 0 Å². The lowest BCUT2D eigenvalue weighted by molar-refractivity contribution is 0.701. The Labute approximate surface area is 102 Å². The SMILES string of the molecule is CCn1ccnc1Cc1nc(Cl)nc(Cl)n1. The Morgan fingerprint density at radius 2 is 1.88 bits per heavy atom. The van der Waals surface area contributed by atoms with Gasteiger partial charge in [-0.05, 0) is 30.1 Å². The monoisotopic (exact) mass is 257 g/mol. The molecule has 16 heavy (non-hydrogen) atoms. The first-order chi connectivity index (χ1) is 7.69. The van der Waals surface area contributed by atoms with E-state index in [1.165, 1.54) is 0 Å². The van der Waals surface area contributed by atoms with Crippen LogP contribution in [-0.4, -0.2) is 24.5 Å². The van der Waals surface area contributed by atoms with Crippen molar-refractivity contribution in [3.8, 4) is 0 Å². The molecule has 0 amide bonds. The van der Waals surface area contributed by atoms with Crippen LogP contribution in [0, 0.1) is 0 Å². The van der Waals surface area contributed by atoms with Gasteiger partial charge in [0.2, 0.25) is 10.6 Å². The largest absolute Gasteiger partial charge is 0.335 e. The number of aryl methyl sites for hydroxylation is 1. The van der Waals surface area contributed by atoms with Crippen LogP contribution < -0.4 is 0 Å². The summed E-state index contributed by atoms with van der Waals surface area (Å²) in [6, 6.07) is 0. The van der Waals surface area contributed by atoms with Crippen LogP contribution in [0.15, 0.2) is 12.4 Å². The third-order valence-corrected chi connectivity index (χ3v) is 2.42. The fraction of sp³-hybridized carbons (Fsp3) is 0.333. The van der Waals surface area contributed by atoms with Gasteiger partial charge in [-0.1, -0.05) is 0 Å². The van der Waals surface area contributed by atoms with Crippen LogP contribution in [-0.2, 0) is 13.0 Å². The van der Waals surface area contributed by atoms with Crippen molar-refractivity contribution >= 4 is 23.2 Å². The predicted octanol–water partition coefficient (Wildman–Crippen LogP) is 1.99. The van der Waals surface area contributed by atoms with Gasteiger partial charge in [0.15, 0.2) is 0 Å². The third-order valence-electron chi connectivity index (χ3n) is 2.09. The van der Waals surface area contributed by atoms with Crippen molar-refractivity contribution in [2.24, 2.45) is 0 Å². The highest BCUT2D eigenvalue weighted by Gasteiger charge is 2.08. The van der Waals surface area contributed by atoms with Crippen LogP contribution in [0.5, 0.6) is 0 Å². The van der Waals surface area contributed by atoms with E-state index in [2.05, 4.69) is 19.9 Å². The maximum Gasteiger partial charge on any atom is 0.226 e. The summed E-state index contributed by atoms with van der Waals surface area (Å²) in [6.07, 6.45) is 4.13. The van der Waals surface area contributed by atoms with Crippen LogP contribution >= 0.6 is 23.2 Å². The number of imidazole rings is 1.